The number of hydrogen-bond acceptors (Lipinski definition) is 3. The van der Waals surface area contributed by atoms with Crippen molar-refractivity contribution in [3.8, 4) is 0 Å². The molecule has 0 heterocycles. The first-order chi connectivity index (χ1) is 9.40. The van der Waals surface area contributed by atoms with Crippen molar-refractivity contribution in [1.82, 2.24) is 4.72 Å². The van der Waals surface area contributed by atoms with Crippen LogP contribution in [-0.2, 0) is 10.0 Å². The lowest BCUT2D eigenvalue weighted by Gasteiger charge is -2.08. The molecule has 0 saturated heterocycles. The van der Waals surface area contributed by atoms with Gasteiger partial charge in [-0.1, -0.05) is 26.0 Å². The second kappa shape index (κ2) is 6.06. The summed E-state index contributed by atoms with van der Waals surface area (Å²) in [6.07, 6.45) is 2.71. The Morgan fingerprint density at radius 3 is 2.35 bits per heavy atom. The maximum Gasteiger partial charge on any atom is 0.240 e. The maximum absolute atomic E-state index is 12.0. The van der Waals surface area contributed by atoms with Gasteiger partial charge in [-0.3, -0.25) is 4.79 Å². The summed E-state index contributed by atoms with van der Waals surface area (Å²) in [6.45, 7) is 4.53. The predicted molar refractivity (Wildman–Crippen MR) is 78.1 cm³/mol. The van der Waals surface area contributed by atoms with Gasteiger partial charge in [-0.25, -0.2) is 13.1 Å². The fourth-order valence-corrected chi connectivity index (χ4v) is 2.99. The second-order valence-electron chi connectivity index (χ2n) is 5.74. The van der Waals surface area contributed by atoms with E-state index >= 15 is 0 Å². The van der Waals surface area contributed by atoms with E-state index in [1.54, 1.807) is 12.1 Å². The number of ketones is 1. The van der Waals surface area contributed by atoms with Crippen LogP contribution in [-0.4, -0.2) is 20.7 Å². The van der Waals surface area contributed by atoms with Crippen LogP contribution in [0, 0.1) is 11.8 Å². The van der Waals surface area contributed by atoms with Crippen molar-refractivity contribution in [2.45, 2.75) is 38.0 Å². The lowest BCUT2D eigenvalue weighted by Crippen LogP contribution is -2.25. The summed E-state index contributed by atoms with van der Waals surface area (Å²) < 4.78 is 26.7. The van der Waals surface area contributed by atoms with E-state index in [9.17, 15) is 13.2 Å². The zero-order chi connectivity index (χ0) is 14.8. The largest absolute Gasteiger partial charge is 0.294 e. The lowest BCUT2D eigenvalue weighted by atomic mass is 10.1. The lowest BCUT2D eigenvalue weighted by molar-refractivity contribution is 0.0967. The minimum absolute atomic E-state index is 0.127. The predicted octanol–water partition coefficient (Wildman–Crippen LogP) is 2.60. The molecule has 0 aliphatic heterocycles. The van der Waals surface area contributed by atoms with Gasteiger partial charge in [0.25, 0.3) is 0 Å². The normalized spacial score (nSPS) is 15.6. The van der Waals surface area contributed by atoms with E-state index in [0.29, 0.717) is 18.0 Å². The summed E-state index contributed by atoms with van der Waals surface area (Å²) in [4.78, 5) is 12.1. The molecule has 1 aromatic carbocycles. The van der Waals surface area contributed by atoms with Crippen LogP contribution >= 0.6 is 0 Å². The third-order valence-electron chi connectivity index (χ3n) is 3.41. The average molecular weight is 295 g/mol. The molecule has 110 valence electrons. The summed E-state index contributed by atoms with van der Waals surface area (Å²) in [7, 11) is -3.46. The molecule has 1 aliphatic carbocycles. The Bertz CT molecular complexity index is 572. The highest BCUT2D eigenvalue weighted by atomic mass is 32.2. The van der Waals surface area contributed by atoms with Gasteiger partial charge < -0.3 is 0 Å². The van der Waals surface area contributed by atoms with Crippen LogP contribution in [0.1, 0.15) is 43.5 Å². The number of carbonyl (C=O) groups excluding carboxylic acids is 1. The number of rotatable bonds is 7. The third-order valence-corrected chi connectivity index (χ3v) is 4.89. The highest BCUT2D eigenvalue weighted by Crippen LogP contribution is 2.32. The van der Waals surface area contributed by atoms with Crippen LogP contribution < -0.4 is 4.72 Å². The molecule has 0 unspecified atom stereocenters. The molecule has 20 heavy (non-hydrogen) atoms. The molecule has 1 fully saturated rings. The van der Waals surface area contributed by atoms with Crippen LogP contribution in [0.5, 0.6) is 0 Å². The first-order valence-corrected chi connectivity index (χ1v) is 8.52. The van der Waals surface area contributed by atoms with Gasteiger partial charge in [0, 0.05) is 18.0 Å². The summed E-state index contributed by atoms with van der Waals surface area (Å²) >= 11 is 0. The fraction of sp³-hybridized carbons (Fsp3) is 0.533. The molecule has 1 aliphatic rings. The number of hydrogen-bond donors (Lipinski definition) is 1. The molecule has 0 radical (unpaired) electrons. The molecule has 0 amide bonds. The highest BCUT2D eigenvalue weighted by molar-refractivity contribution is 7.89. The molecule has 1 aromatic rings. The SMILES string of the molecule is CC(C)CCNS(=O)(=O)c1ccc(C(=O)C2CC2)cc1. The van der Waals surface area contributed by atoms with E-state index in [0.717, 1.165) is 19.3 Å². The van der Waals surface area contributed by atoms with Crippen molar-refractivity contribution in [3.05, 3.63) is 29.8 Å². The van der Waals surface area contributed by atoms with Gasteiger partial charge >= 0.3 is 0 Å². The van der Waals surface area contributed by atoms with Gasteiger partial charge in [-0.15, -0.1) is 0 Å². The van der Waals surface area contributed by atoms with Crippen LogP contribution in [0.25, 0.3) is 0 Å². The number of sulfonamides is 1. The fourth-order valence-electron chi connectivity index (χ4n) is 1.94. The van der Waals surface area contributed by atoms with Crippen molar-refractivity contribution in [2.24, 2.45) is 11.8 Å². The average Bonchev–Trinajstić information content (AvgIpc) is 3.21. The van der Waals surface area contributed by atoms with Gasteiger partial charge in [0.15, 0.2) is 5.78 Å². The van der Waals surface area contributed by atoms with Gasteiger partial charge in [-0.05, 0) is 37.3 Å². The minimum atomic E-state index is -3.46. The zero-order valence-electron chi connectivity index (χ0n) is 11.9. The Balaban J connectivity index is 2.02. The Hall–Kier alpha value is -1.20. The topological polar surface area (TPSA) is 63.2 Å². The Kier molecular flexibility index (Phi) is 4.60. The molecule has 0 bridgehead atoms. The van der Waals surface area contributed by atoms with Crippen LogP contribution in [0.3, 0.4) is 0 Å². The molecule has 1 saturated carbocycles. The van der Waals surface area contributed by atoms with Gasteiger partial charge in [0.2, 0.25) is 10.0 Å². The van der Waals surface area contributed by atoms with Crippen LogP contribution in [0.2, 0.25) is 0 Å². The number of Topliss-reactive ketones (excluding diaryl/α,β-unsaturated/α-hetero) is 1. The number of carbonyl (C=O) groups is 1. The van der Waals surface area contributed by atoms with Crippen molar-refractivity contribution in [2.75, 3.05) is 6.54 Å². The van der Waals surface area contributed by atoms with Crippen molar-refractivity contribution >= 4 is 15.8 Å². The number of nitrogens with one attached hydrogen (secondary N) is 1. The van der Waals surface area contributed by atoms with Gasteiger partial charge in [0.05, 0.1) is 4.90 Å². The molecule has 0 atom stereocenters. The zero-order valence-corrected chi connectivity index (χ0v) is 12.7. The monoisotopic (exact) mass is 295 g/mol. The van der Waals surface area contributed by atoms with Crippen LogP contribution in [0.15, 0.2) is 29.2 Å². The first-order valence-electron chi connectivity index (χ1n) is 7.04. The van der Waals surface area contributed by atoms with Crippen LogP contribution in [0.4, 0.5) is 0 Å². The van der Waals surface area contributed by atoms with Crippen molar-refractivity contribution < 1.29 is 13.2 Å². The highest BCUT2D eigenvalue weighted by Gasteiger charge is 2.30. The summed E-state index contributed by atoms with van der Waals surface area (Å²) in [6, 6.07) is 6.23. The summed E-state index contributed by atoms with van der Waals surface area (Å²) in [5.41, 5.74) is 0.605. The molecule has 2 rings (SSSR count). The van der Waals surface area contributed by atoms with Crippen molar-refractivity contribution in [3.63, 3.8) is 0 Å². The minimum Gasteiger partial charge on any atom is -0.294 e. The van der Waals surface area contributed by atoms with E-state index in [-0.39, 0.29) is 16.6 Å². The van der Waals surface area contributed by atoms with E-state index in [2.05, 4.69) is 4.72 Å². The van der Waals surface area contributed by atoms with Gasteiger partial charge in [-0.2, -0.15) is 0 Å². The second-order valence-corrected chi connectivity index (χ2v) is 7.51. The first kappa shape index (κ1) is 15.2. The number of benzene rings is 1. The van der Waals surface area contributed by atoms with Gasteiger partial charge in [0.1, 0.15) is 0 Å². The Labute approximate surface area is 120 Å². The molecular weight excluding hydrogens is 274 g/mol. The van der Waals surface area contributed by atoms with E-state index in [1.807, 2.05) is 13.8 Å². The quantitative estimate of drug-likeness (QED) is 0.786. The Morgan fingerprint density at radius 1 is 1.25 bits per heavy atom. The summed E-state index contributed by atoms with van der Waals surface area (Å²) in [5, 5.41) is 0. The molecule has 0 aromatic heterocycles. The third kappa shape index (κ3) is 3.90. The molecular formula is C15H21NO3S. The van der Waals surface area contributed by atoms with E-state index in [1.165, 1.54) is 12.1 Å². The van der Waals surface area contributed by atoms with Crippen molar-refractivity contribution in [1.29, 1.82) is 0 Å². The summed E-state index contributed by atoms with van der Waals surface area (Å²) in [5.74, 6) is 0.736. The standard InChI is InChI=1S/C15H21NO3S/c1-11(2)9-10-16-20(18,19)14-7-5-13(6-8-14)15(17)12-3-4-12/h5-8,11-12,16H,3-4,9-10H2,1-2H3. The molecule has 5 heteroatoms. The molecule has 0 spiro atoms. The maximum atomic E-state index is 12.0. The smallest absolute Gasteiger partial charge is 0.240 e. The van der Waals surface area contributed by atoms with E-state index in [4.69, 9.17) is 0 Å². The molecule has 1 N–H and O–H groups in total. The van der Waals surface area contributed by atoms with E-state index < -0.39 is 10.0 Å². The Morgan fingerprint density at radius 2 is 1.85 bits per heavy atom. The molecule has 4 nitrogen and oxygen atoms in total.